The monoisotopic (exact) mass is 172 g/mol. The molecule has 1 aromatic heterocycles. The molecule has 0 atom stereocenters. The average molecular weight is 172 g/mol. The first-order valence-corrected chi connectivity index (χ1v) is 4.72. The molecule has 0 aliphatic carbocycles. The van der Waals surface area contributed by atoms with Gasteiger partial charge in [-0.1, -0.05) is 0 Å². The lowest BCUT2D eigenvalue weighted by molar-refractivity contribution is 0.352. The Morgan fingerprint density at radius 3 is 2.36 bits per heavy atom. The van der Waals surface area contributed by atoms with Crippen molar-refractivity contribution in [2.24, 2.45) is 0 Å². The third-order valence-corrected chi connectivity index (χ3v) is 2.09. The number of hydrogen-bond acceptors (Lipinski definition) is 3. The van der Waals surface area contributed by atoms with Gasteiger partial charge in [0.05, 0.1) is 6.20 Å². The maximum Gasteiger partial charge on any atom is 0.196 e. The van der Waals surface area contributed by atoms with E-state index in [1.54, 1.807) is 0 Å². The maximum absolute atomic E-state index is 10.8. The van der Waals surface area contributed by atoms with Gasteiger partial charge in [-0.15, -0.1) is 0 Å². The standard InChI is InChI=1S/C6H6NO3S/c1-11(9,10)6-3-2-5(8)4-7-6/h2-4H,1H3. The number of sulfone groups is 1. The van der Waals surface area contributed by atoms with Crippen molar-refractivity contribution in [1.82, 2.24) is 4.98 Å². The summed E-state index contributed by atoms with van der Waals surface area (Å²) < 4.78 is 21.6. The molecule has 1 heterocycles. The molecule has 4 nitrogen and oxygen atoms in total. The smallest absolute Gasteiger partial charge is 0.196 e. The van der Waals surface area contributed by atoms with Gasteiger partial charge in [0.15, 0.2) is 20.6 Å². The highest BCUT2D eigenvalue weighted by Gasteiger charge is 2.07. The summed E-state index contributed by atoms with van der Waals surface area (Å²) in [6.45, 7) is 0. The molecule has 0 aliphatic rings. The van der Waals surface area contributed by atoms with Crippen LogP contribution < -0.4 is 0 Å². The van der Waals surface area contributed by atoms with Crippen molar-refractivity contribution in [3.05, 3.63) is 18.3 Å². The van der Waals surface area contributed by atoms with E-state index >= 15 is 0 Å². The molecule has 0 bridgehead atoms. The molecule has 0 fully saturated rings. The molecule has 1 aromatic rings. The molecule has 0 amide bonds. The van der Waals surface area contributed by atoms with E-state index in [1.807, 2.05) is 0 Å². The second-order valence-corrected chi connectivity index (χ2v) is 4.07. The van der Waals surface area contributed by atoms with E-state index in [1.165, 1.54) is 12.1 Å². The lowest BCUT2D eigenvalue weighted by Gasteiger charge is -1.93. The Kier molecular flexibility index (Phi) is 1.82. The minimum Gasteiger partial charge on any atom is -0.288 e. The molecular formula is C6H6NO3S. The van der Waals surface area contributed by atoms with Gasteiger partial charge in [-0.2, -0.15) is 0 Å². The van der Waals surface area contributed by atoms with Crippen LogP contribution in [0.15, 0.2) is 23.4 Å². The fourth-order valence-corrected chi connectivity index (χ4v) is 1.15. The minimum atomic E-state index is -3.27. The van der Waals surface area contributed by atoms with Gasteiger partial charge < -0.3 is 0 Å². The van der Waals surface area contributed by atoms with Gasteiger partial charge in [-0.3, -0.25) is 5.11 Å². The number of nitrogens with zero attached hydrogens (tertiary/aromatic N) is 1. The van der Waals surface area contributed by atoms with Gasteiger partial charge in [0.25, 0.3) is 0 Å². The highest BCUT2D eigenvalue weighted by Crippen LogP contribution is 2.10. The Bertz CT molecular complexity index is 341. The zero-order valence-corrected chi connectivity index (χ0v) is 6.63. The van der Waals surface area contributed by atoms with Crippen molar-refractivity contribution in [2.45, 2.75) is 5.03 Å². The van der Waals surface area contributed by atoms with Gasteiger partial charge in [-0.05, 0) is 12.1 Å². The Morgan fingerprint density at radius 1 is 1.36 bits per heavy atom. The first-order chi connectivity index (χ1) is 5.00. The summed E-state index contributed by atoms with van der Waals surface area (Å²) in [7, 11) is -3.27. The topological polar surface area (TPSA) is 66.9 Å². The quantitative estimate of drug-likeness (QED) is 0.623. The van der Waals surface area contributed by atoms with E-state index in [0.717, 1.165) is 12.5 Å². The van der Waals surface area contributed by atoms with E-state index < -0.39 is 9.84 Å². The molecule has 1 rings (SSSR count). The highest BCUT2D eigenvalue weighted by molar-refractivity contribution is 7.90. The molecule has 1 radical (unpaired) electrons. The Morgan fingerprint density at radius 2 is 2.00 bits per heavy atom. The van der Waals surface area contributed by atoms with E-state index in [0.29, 0.717) is 0 Å². The first kappa shape index (κ1) is 8.00. The van der Waals surface area contributed by atoms with Crippen LogP contribution in [-0.4, -0.2) is 19.7 Å². The van der Waals surface area contributed by atoms with Crippen LogP contribution in [-0.2, 0) is 14.9 Å². The molecule has 0 saturated carbocycles. The average Bonchev–Trinajstić information content (AvgIpc) is 1.86. The van der Waals surface area contributed by atoms with Gasteiger partial charge in [-0.25, -0.2) is 13.4 Å². The molecule has 0 unspecified atom stereocenters. The van der Waals surface area contributed by atoms with E-state index in [9.17, 15) is 13.5 Å². The highest BCUT2D eigenvalue weighted by atomic mass is 32.2. The molecular weight excluding hydrogens is 166 g/mol. The van der Waals surface area contributed by atoms with E-state index in [-0.39, 0.29) is 10.8 Å². The SMILES string of the molecule is CS(=O)(=O)c1ccc([O])cn1. The third-order valence-electron chi connectivity index (χ3n) is 1.09. The van der Waals surface area contributed by atoms with E-state index in [4.69, 9.17) is 0 Å². The van der Waals surface area contributed by atoms with Crippen LogP contribution in [0, 0.1) is 0 Å². The van der Waals surface area contributed by atoms with Crippen LogP contribution in [0.5, 0.6) is 5.75 Å². The summed E-state index contributed by atoms with van der Waals surface area (Å²) in [5.41, 5.74) is 0. The normalized spacial score (nSPS) is 11.4. The van der Waals surface area contributed by atoms with Crippen LogP contribution in [0.4, 0.5) is 0 Å². The summed E-state index contributed by atoms with van der Waals surface area (Å²) >= 11 is 0. The summed E-state index contributed by atoms with van der Waals surface area (Å²) in [6.07, 6.45) is 2.02. The van der Waals surface area contributed by atoms with Gasteiger partial charge in [0, 0.05) is 6.26 Å². The van der Waals surface area contributed by atoms with Crippen molar-refractivity contribution in [1.29, 1.82) is 0 Å². The van der Waals surface area contributed by atoms with Crippen molar-refractivity contribution < 1.29 is 13.5 Å². The third kappa shape index (κ3) is 1.91. The predicted octanol–water partition coefficient (Wildman–Crippen LogP) is 0.629. The second kappa shape index (κ2) is 2.50. The van der Waals surface area contributed by atoms with Crippen LogP contribution in [0.1, 0.15) is 0 Å². The van der Waals surface area contributed by atoms with Crippen molar-refractivity contribution in [2.75, 3.05) is 6.26 Å². The molecule has 0 N–H and O–H groups in total. The molecule has 59 valence electrons. The van der Waals surface area contributed by atoms with Crippen LogP contribution >= 0.6 is 0 Å². The Hall–Kier alpha value is -1.10. The van der Waals surface area contributed by atoms with Crippen LogP contribution in [0.2, 0.25) is 0 Å². The number of hydrogen-bond donors (Lipinski definition) is 0. The van der Waals surface area contributed by atoms with Crippen LogP contribution in [0.3, 0.4) is 0 Å². The van der Waals surface area contributed by atoms with Crippen molar-refractivity contribution >= 4 is 9.84 Å². The molecule has 0 saturated heterocycles. The number of pyridine rings is 1. The fraction of sp³-hybridized carbons (Fsp3) is 0.167. The first-order valence-electron chi connectivity index (χ1n) is 2.83. The van der Waals surface area contributed by atoms with E-state index in [2.05, 4.69) is 4.98 Å². The summed E-state index contributed by atoms with van der Waals surface area (Å²) in [4.78, 5) is 3.45. The second-order valence-electron chi connectivity index (χ2n) is 2.10. The summed E-state index contributed by atoms with van der Waals surface area (Å²) in [5, 5.41) is 10.4. The number of aromatic nitrogens is 1. The maximum atomic E-state index is 10.8. The zero-order valence-electron chi connectivity index (χ0n) is 5.81. The molecule has 5 heteroatoms. The molecule has 11 heavy (non-hydrogen) atoms. The summed E-state index contributed by atoms with van der Waals surface area (Å²) in [6, 6.07) is 2.36. The lowest BCUT2D eigenvalue weighted by Crippen LogP contribution is -1.98. The van der Waals surface area contributed by atoms with Gasteiger partial charge in [0.2, 0.25) is 0 Å². The fourth-order valence-electron chi connectivity index (χ4n) is 0.586. The van der Waals surface area contributed by atoms with Gasteiger partial charge in [0.1, 0.15) is 0 Å². The lowest BCUT2D eigenvalue weighted by atomic mass is 10.5. The predicted molar refractivity (Wildman–Crippen MR) is 37.5 cm³/mol. The number of rotatable bonds is 1. The summed E-state index contributed by atoms with van der Waals surface area (Å²) in [5.74, 6) is -0.294. The minimum absolute atomic E-state index is 0.0721. The zero-order chi connectivity index (χ0) is 8.48. The van der Waals surface area contributed by atoms with Gasteiger partial charge >= 0.3 is 0 Å². The molecule has 0 aliphatic heterocycles. The molecule has 0 aromatic carbocycles. The van der Waals surface area contributed by atoms with Crippen LogP contribution in [0.25, 0.3) is 0 Å². The Balaban J connectivity index is 3.20. The largest absolute Gasteiger partial charge is 0.288 e. The van der Waals surface area contributed by atoms with Crippen molar-refractivity contribution in [3.8, 4) is 5.75 Å². The molecule has 0 spiro atoms. The van der Waals surface area contributed by atoms with Crippen molar-refractivity contribution in [3.63, 3.8) is 0 Å². The Labute approximate surface area is 64.4 Å².